The number of carbonyl (C=O) groups is 1. The van der Waals surface area contributed by atoms with Crippen molar-refractivity contribution in [2.45, 2.75) is 38.1 Å². The summed E-state index contributed by atoms with van der Waals surface area (Å²) in [5.41, 5.74) is -0.0644. The number of alkyl halides is 3. The molecule has 8 heteroatoms. The van der Waals surface area contributed by atoms with E-state index >= 15 is 0 Å². The van der Waals surface area contributed by atoms with Crippen LogP contribution in [-0.2, 0) is 5.41 Å². The van der Waals surface area contributed by atoms with Crippen LogP contribution in [0.3, 0.4) is 0 Å². The lowest BCUT2D eigenvalue weighted by Gasteiger charge is -2.33. The van der Waals surface area contributed by atoms with Crippen molar-refractivity contribution < 1.29 is 27.8 Å². The molecule has 0 spiro atoms. The van der Waals surface area contributed by atoms with E-state index in [4.69, 9.17) is 4.74 Å². The average Bonchev–Trinajstić information content (AvgIpc) is 3.06. The SMILES string of the molecule is COc1cccc(C2=C[C@](O)(C(F)(F)F)N(C(=O)c3ccc(C(C)(C)C)cc3)N2)c1. The van der Waals surface area contributed by atoms with Crippen LogP contribution in [0.5, 0.6) is 5.75 Å². The van der Waals surface area contributed by atoms with Gasteiger partial charge in [0, 0.05) is 17.2 Å². The van der Waals surface area contributed by atoms with Gasteiger partial charge in [0.2, 0.25) is 0 Å². The monoisotopic (exact) mass is 420 g/mol. The van der Waals surface area contributed by atoms with E-state index in [0.717, 1.165) is 5.56 Å². The highest BCUT2D eigenvalue weighted by Gasteiger charge is 2.61. The van der Waals surface area contributed by atoms with Crippen molar-refractivity contribution in [3.8, 4) is 5.75 Å². The van der Waals surface area contributed by atoms with E-state index in [1.54, 1.807) is 30.3 Å². The molecule has 1 aliphatic rings. The summed E-state index contributed by atoms with van der Waals surface area (Å²) in [6.45, 7) is 5.95. The van der Waals surface area contributed by atoms with Crippen molar-refractivity contribution in [2.75, 3.05) is 7.11 Å². The Kier molecular flexibility index (Phi) is 5.32. The Bertz CT molecular complexity index is 978. The number of nitrogens with one attached hydrogen (secondary N) is 1. The number of carbonyl (C=O) groups excluding carboxylic acids is 1. The predicted molar refractivity (Wildman–Crippen MR) is 106 cm³/mol. The summed E-state index contributed by atoms with van der Waals surface area (Å²) in [5, 5.41) is 10.7. The minimum absolute atomic E-state index is 0.0125. The van der Waals surface area contributed by atoms with Crippen LogP contribution in [0.2, 0.25) is 0 Å². The lowest BCUT2D eigenvalue weighted by atomic mass is 9.86. The summed E-state index contributed by atoms with van der Waals surface area (Å²) in [5.74, 6) is -0.585. The van der Waals surface area contributed by atoms with Gasteiger partial charge in [-0.1, -0.05) is 45.0 Å². The summed E-state index contributed by atoms with van der Waals surface area (Å²) in [6.07, 6.45) is -4.54. The Hall–Kier alpha value is -3.00. The number of hydrazine groups is 1. The van der Waals surface area contributed by atoms with E-state index in [-0.39, 0.29) is 21.7 Å². The van der Waals surface area contributed by atoms with Gasteiger partial charge in [-0.15, -0.1) is 0 Å². The minimum Gasteiger partial charge on any atom is -0.497 e. The number of halogens is 3. The van der Waals surface area contributed by atoms with Gasteiger partial charge in [-0.2, -0.15) is 13.2 Å². The van der Waals surface area contributed by atoms with Gasteiger partial charge in [0.25, 0.3) is 11.6 Å². The zero-order chi connectivity index (χ0) is 22.3. The second kappa shape index (κ2) is 7.36. The van der Waals surface area contributed by atoms with Crippen LogP contribution in [0.15, 0.2) is 54.6 Å². The molecule has 0 fully saturated rings. The number of hydrogen-bond acceptors (Lipinski definition) is 4. The largest absolute Gasteiger partial charge is 0.497 e. The quantitative estimate of drug-likeness (QED) is 0.780. The van der Waals surface area contributed by atoms with E-state index in [1.165, 1.54) is 25.3 Å². The van der Waals surface area contributed by atoms with Gasteiger partial charge >= 0.3 is 6.18 Å². The van der Waals surface area contributed by atoms with Crippen molar-refractivity contribution in [3.63, 3.8) is 0 Å². The normalized spacial score (nSPS) is 19.3. The Morgan fingerprint density at radius 2 is 1.73 bits per heavy atom. The van der Waals surface area contributed by atoms with Crippen LogP contribution < -0.4 is 10.2 Å². The Morgan fingerprint density at radius 3 is 2.27 bits per heavy atom. The molecule has 0 unspecified atom stereocenters. The third kappa shape index (κ3) is 3.87. The first-order chi connectivity index (χ1) is 13.9. The molecular formula is C22H23F3N2O3. The highest BCUT2D eigenvalue weighted by Crippen LogP contribution is 2.40. The second-order valence-corrected chi connectivity index (χ2v) is 8.09. The average molecular weight is 420 g/mol. The molecule has 1 aliphatic heterocycles. The van der Waals surface area contributed by atoms with Crippen molar-refractivity contribution in [2.24, 2.45) is 0 Å². The minimum atomic E-state index is -5.12. The lowest BCUT2D eigenvalue weighted by Crippen LogP contribution is -2.60. The molecule has 1 atom stereocenters. The summed E-state index contributed by atoms with van der Waals surface area (Å²) < 4.78 is 46.4. The summed E-state index contributed by atoms with van der Waals surface area (Å²) in [4.78, 5) is 12.9. The maximum atomic E-state index is 13.8. The molecule has 2 aromatic rings. The standard InChI is InChI=1S/C22H23F3N2O3/c1-20(2,3)16-10-8-14(9-11-16)19(28)27-21(29,22(23,24)25)13-18(26-27)15-6-5-7-17(12-15)30-4/h5-13,26,29H,1-4H3/t21-/m0/s1. The Labute approximate surface area is 172 Å². The third-order valence-electron chi connectivity index (χ3n) is 4.92. The van der Waals surface area contributed by atoms with Crippen LogP contribution in [-0.4, -0.2) is 35.0 Å². The summed E-state index contributed by atoms with van der Waals surface area (Å²) >= 11 is 0. The second-order valence-electron chi connectivity index (χ2n) is 8.09. The van der Waals surface area contributed by atoms with Crippen molar-refractivity contribution in [1.29, 1.82) is 0 Å². The Balaban J connectivity index is 1.98. The highest BCUT2D eigenvalue weighted by atomic mass is 19.4. The van der Waals surface area contributed by atoms with Gasteiger partial charge in [0.15, 0.2) is 0 Å². The first-order valence-electron chi connectivity index (χ1n) is 9.25. The van der Waals surface area contributed by atoms with E-state index in [1.807, 2.05) is 20.8 Å². The molecular weight excluding hydrogens is 397 g/mol. The van der Waals surface area contributed by atoms with E-state index < -0.39 is 17.8 Å². The molecule has 1 amide bonds. The first kappa shape index (κ1) is 21.7. The van der Waals surface area contributed by atoms with Gasteiger partial charge < -0.3 is 9.84 Å². The molecule has 5 nitrogen and oxygen atoms in total. The number of aliphatic hydroxyl groups is 1. The molecule has 0 saturated heterocycles. The number of nitrogens with zero attached hydrogens (tertiary/aromatic N) is 1. The van der Waals surface area contributed by atoms with E-state index in [9.17, 15) is 23.1 Å². The van der Waals surface area contributed by atoms with Gasteiger partial charge in [-0.25, -0.2) is 5.01 Å². The highest BCUT2D eigenvalue weighted by molar-refractivity contribution is 5.96. The zero-order valence-corrected chi connectivity index (χ0v) is 17.0. The molecule has 0 bridgehead atoms. The van der Waals surface area contributed by atoms with Gasteiger partial charge in [-0.3, -0.25) is 10.2 Å². The molecule has 0 aliphatic carbocycles. The molecule has 160 valence electrons. The predicted octanol–water partition coefficient (Wildman–Crippen LogP) is 4.25. The molecule has 30 heavy (non-hydrogen) atoms. The summed E-state index contributed by atoms with van der Waals surface area (Å²) in [6, 6.07) is 12.5. The lowest BCUT2D eigenvalue weighted by molar-refractivity contribution is -0.283. The number of rotatable bonds is 3. The van der Waals surface area contributed by atoms with Crippen LogP contribution in [0.1, 0.15) is 42.3 Å². The summed E-state index contributed by atoms with van der Waals surface area (Å²) in [7, 11) is 1.43. The van der Waals surface area contributed by atoms with Crippen molar-refractivity contribution >= 4 is 11.6 Å². The fourth-order valence-corrected chi connectivity index (χ4v) is 3.10. The molecule has 2 aromatic carbocycles. The third-order valence-corrected chi connectivity index (χ3v) is 4.92. The number of benzene rings is 2. The molecule has 0 aromatic heterocycles. The number of ether oxygens (including phenoxy) is 1. The van der Waals surface area contributed by atoms with E-state index in [2.05, 4.69) is 5.43 Å². The topological polar surface area (TPSA) is 61.8 Å². The van der Waals surface area contributed by atoms with Gasteiger partial charge in [0.05, 0.1) is 12.8 Å². The van der Waals surface area contributed by atoms with Crippen molar-refractivity contribution in [1.82, 2.24) is 10.4 Å². The van der Waals surface area contributed by atoms with Crippen LogP contribution in [0.4, 0.5) is 13.2 Å². The molecule has 0 saturated carbocycles. The fraction of sp³-hybridized carbons (Fsp3) is 0.318. The molecule has 2 N–H and O–H groups in total. The maximum absolute atomic E-state index is 13.8. The first-order valence-corrected chi connectivity index (χ1v) is 9.25. The molecule has 0 radical (unpaired) electrons. The van der Waals surface area contributed by atoms with E-state index in [0.29, 0.717) is 17.4 Å². The van der Waals surface area contributed by atoms with Crippen molar-refractivity contribution in [3.05, 3.63) is 71.3 Å². The Morgan fingerprint density at radius 1 is 1.10 bits per heavy atom. The maximum Gasteiger partial charge on any atom is 0.442 e. The fourth-order valence-electron chi connectivity index (χ4n) is 3.10. The van der Waals surface area contributed by atoms with Gasteiger partial charge in [-0.05, 0) is 35.2 Å². The molecule has 1 heterocycles. The number of methoxy groups -OCH3 is 1. The smallest absolute Gasteiger partial charge is 0.442 e. The van der Waals surface area contributed by atoms with Crippen LogP contribution >= 0.6 is 0 Å². The zero-order valence-electron chi connectivity index (χ0n) is 17.0. The number of hydrogen-bond donors (Lipinski definition) is 2. The van der Waals surface area contributed by atoms with Crippen LogP contribution in [0.25, 0.3) is 5.70 Å². The van der Waals surface area contributed by atoms with Crippen LogP contribution in [0, 0.1) is 0 Å². The number of amides is 1. The van der Waals surface area contributed by atoms with Gasteiger partial charge in [0.1, 0.15) is 5.75 Å². The molecule has 3 rings (SSSR count).